The fourth-order valence-corrected chi connectivity index (χ4v) is 8.23. The molecule has 0 spiro atoms. The lowest BCUT2D eigenvalue weighted by Crippen LogP contribution is -2.12. The van der Waals surface area contributed by atoms with Gasteiger partial charge >= 0.3 is 15.5 Å². The van der Waals surface area contributed by atoms with Crippen molar-refractivity contribution in [2.45, 2.75) is 55.4 Å². The molecule has 2 N–H and O–H groups in total. The molecule has 0 amide bonds. The highest BCUT2D eigenvalue weighted by molar-refractivity contribution is 7.56. The van der Waals surface area contributed by atoms with Gasteiger partial charge in [-0.3, -0.25) is 10.2 Å². The van der Waals surface area contributed by atoms with Crippen LogP contribution < -0.4 is 28.3 Å². The fraction of sp³-hybridized carbons (Fsp3) is 0.211. The molecule has 10 heteroatoms. The zero-order valence-corrected chi connectivity index (χ0v) is 30.4. The van der Waals surface area contributed by atoms with Crippen LogP contribution in [0.15, 0.2) is 97.1 Å². The highest BCUT2D eigenvalue weighted by atomic mass is 31.2. The predicted molar refractivity (Wildman–Crippen MR) is 195 cm³/mol. The normalized spacial score (nSPS) is 11.5. The van der Waals surface area contributed by atoms with Crippen LogP contribution >= 0.6 is 15.5 Å². The van der Waals surface area contributed by atoms with Gasteiger partial charge in [-0.1, -0.05) is 70.8 Å². The minimum Gasteiger partial charge on any atom is -0.400 e. The number of hydrogen-bond donors (Lipinski definition) is 2. The molecule has 0 saturated heterocycles. The van der Waals surface area contributed by atoms with E-state index in [0.717, 1.165) is 44.5 Å². The Hall–Kier alpha value is -4.64. The van der Waals surface area contributed by atoms with Gasteiger partial charge in [0.15, 0.2) is 0 Å². The lowest BCUT2D eigenvalue weighted by molar-refractivity contribution is 0.389. The molecule has 0 fully saturated rings. The van der Waals surface area contributed by atoms with Gasteiger partial charge in [-0.2, -0.15) is 0 Å². The third-order valence-electron chi connectivity index (χ3n) is 7.61. The van der Waals surface area contributed by atoms with E-state index in [-0.39, 0.29) is 0 Å². The van der Waals surface area contributed by atoms with E-state index < -0.39 is 15.5 Å². The van der Waals surface area contributed by atoms with Crippen molar-refractivity contribution < 1.29 is 27.2 Å². The second-order valence-electron chi connectivity index (χ2n) is 12.2. The Labute approximate surface area is 283 Å². The maximum absolute atomic E-state index is 14.4. The molecule has 0 bridgehead atoms. The standard InChI is InChI=1S/C38H42N2O6P2/c1-25-9-17-35(29(5)21-25)43-47(41,44-36-18-10-26(2)22-30(36)6)39-33-13-15-34(16-14-33)40-48(42,45-37-19-11-27(3)23-31(37)7)46-38-20-12-28(4)24-32(38)8/h9-24H,1-8H3,(H,39,41)(H,40,42). The molecule has 0 saturated carbocycles. The first kappa shape index (κ1) is 34.7. The smallest absolute Gasteiger partial charge is 0.400 e. The fourth-order valence-electron chi connectivity index (χ4n) is 5.19. The van der Waals surface area contributed by atoms with E-state index in [0.29, 0.717) is 34.4 Å². The summed E-state index contributed by atoms with van der Waals surface area (Å²) >= 11 is 0. The summed E-state index contributed by atoms with van der Waals surface area (Å²) in [5.41, 5.74) is 8.44. The van der Waals surface area contributed by atoms with Crippen LogP contribution in [0.3, 0.4) is 0 Å². The molecule has 0 heterocycles. The summed E-state index contributed by atoms with van der Waals surface area (Å²) in [4.78, 5) is 0. The number of nitrogens with one attached hydrogen (secondary N) is 2. The van der Waals surface area contributed by atoms with Crippen LogP contribution in [0.5, 0.6) is 23.0 Å². The van der Waals surface area contributed by atoms with Gasteiger partial charge < -0.3 is 18.1 Å². The minimum atomic E-state index is -4.01. The molecule has 5 aromatic rings. The van der Waals surface area contributed by atoms with E-state index in [2.05, 4.69) is 10.2 Å². The van der Waals surface area contributed by atoms with E-state index in [9.17, 15) is 9.13 Å². The third kappa shape index (κ3) is 8.83. The van der Waals surface area contributed by atoms with Gasteiger partial charge in [-0.05, 0) is 126 Å². The molecular weight excluding hydrogens is 642 g/mol. The maximum Gasteiger partial charge on any atom is 0.541 e. The molecule has 250 valence electrons. The Bertz CT molecular complexity index is 1780. The quantitative estimate of drug-likeness (QED) is 0.125. The first-order chi connectivity index (χ1) is 22.7. The zero-order valence-electron chi connectivity index (χ0n) is 28.6. The molecule has 0 unspecified atom stereocenters. The Morgan fingerprint density at radius 3 is 0.812 bits per heavy atom. The number of benzene rings is 5. The zero-order chi connectivity index (χ0) is 34.6. The van der Waals surface area contributed by atoms with Crippen LogP contribution in [0.25, 0.3) is 0 Å². The lowest BCUT2D eigenvalue weighted by Gasteiger charge is -2.24. The van der Waals surface area contributed by atoms with Crippen molar-refractivity contribution in [1.29, 1.82) is 0 Å². The van der Waals surface area contributed by atoms with Crippen LogP contribution in [-0.4, -0.2) is 0 Å². The Balaban J connectivity index is 1.43. The topological polar surface area (TPSA) is 95.1 Å². The molecule has 48 heavy (non-hydrogen) atoms. The predicted octanol–water partition coefficient (Wildman–Crippen LogP) is 11.5. The summed E-state index contributed by atoms with van der Waals surface area (Å²) in [5, 5.41) is 5.97. The Kier molecular flexibility index (Phi) is 10.3. The van der Waals surface area contributed by atoms with Crippen LogP contribution in [0.1, 0.15) is 44.5 Å². The van der Waals surface area contributed by atoms with Crippen LogP contribution in [-0.2, 0) is 9.13 Å². The number of rotatable bonds is 12. The molecule has 0 aliphatic heterocycles. The number of aryl methyl sites for hydroxylation is 8. The van der Waals surface area contributed by atoms with Crippen molar-refractivity contribution in [3.8, 4) is 23.0 Å². The first-order valence-corrected chi connectivity index (χ1v) is 18.7. The number of hydrogen-bond acceptors (Lipinski definition) is 6. The molecule has 5 rings (SSSR count). The second kappa shape index (κ2) is 14.2. The summed E-state index contributed by atoms with van der Waals surface area (Å²) in [6.45, 7) is 15.5. The highest BCUT2D eigenvalue weighted by Crippen LogP contribution is 2.52. The highest BCUT2D eigenvalue weighted by Gasteiger charge is 2.32. The van der Waals surface area contributed by atoms with Gasteiger partial charge in [0.25, 0.3) is 0 Å². The maximum atomic E-state index is 14.4. The second-order valence-corrected chi connectivity index (χ2v) is 15.4. The summed E-state index contributed by atoms with van der Waals surface area (Å²) in [6, 6.07) is 29.2. The Morgan fingerprint density at radius 1 is 0.375 bits per heavy atom. The van der Waals surface area contributed by atoms with Crippen LogP contribution in [0, 0.1) is 55.4 Å². The average Bonchev–Trinajstić information content (AvgIpc) is 3.00. The third-order valence-corrected chi connectivity index (χ3v) is 10.4. The molecular formula is C38H42N2O6P2. The molecule has 0 aliphatic rings. The van der Waals surface area contributed by atoms with E-state index >= 15 is 0 Å². The van der Waals surface area contributed by atoms with Gasteiger partial charge in [0, 0.05) is 11.4 Å². The Morgan fingerprint density at radius 2 is 0.604 bits per heavy atom. The SMILES string of the molecule is Cc1ccc(OP(=O)(Nc2ccc(NP(=O)(Oc3ccc(C)cc3C)Oc3ccc(C)cc3C)cc2)Oc2ccc(C)cc2C)c(C)c1. The van der Waals surface area contributed by atoms with Gasteiger partial charge in [0.1, 0.15) is 23.0 Å². The molecule has 8 nitrogen and oxygen atoms in total. The summed E-state index contributed by atoms with van der Waals surface area (Å²) in [7, 11) is -8.02. The van der Waals surface area contributed by atoms with Crippen molar-refractivity contribution in [3.63, 3.8) is 0 Å². The van der Waals surface area contributed by atoms with Crippen molar-refractivity contribution >= 4 is 26.9 Å². The van der Waals surface area contributed by atoms with Crippen molar-refractivity contribution in [2.24, 2.45) is 0 Å². The molecule has 0 aliphatic carbocycles. The van der Waals surface area contributed by atoms with Crippen molar-refractivity contribution in [3.05, 3.63) is 142 Å². The van der Waals surface area contributed by atoms with Crippen LogP contribution in [0.2, 0.25) is 0 Å². The molecule has 5 aromatic carbocycles. The minimum absolute atomic E-state index is 0.438. The van der Waals surface area contributed by atoms with Gasteiger partial charge in [0.05, 0.1) is 0 Å². The lowest BCUT2D eigenvalue weighted by atomic mass is 10.1. The van der Waals surface area contributed by atoms with E-state index in [1.165, 1.54) is 0 Å². The number of anilines is 2. The summed E-state index contributed by atoms with van der Waals surface area (Å²) in [5.74, 6) is 1.75. The van der Waals surface area contributed by atoms with Crippen molar-refractivity contribution in [1.82, 2.24) is 0 Å². The average molecular weight is 685 g/mol. The molecule has 0 radical (unpaired) electrons. The molecule has 0 aromatic heterocycles. The van der Waals surface area contributed by atoms with E-state index in [1.54, 1.807) is 48.5 Å². The van der Waals surface area contributed by atoms with Crippen LogP contribution in [0.4, 0.5) is 11.4 Å². The van der Waals surface area contributed by atoms with E-state index in [4.69, 9.17) is 18.1 Å². The van der Waals surface area contributed by atoms with E-state index in [1.807, 2.05) is 104 Å². The largest absolute Gasteiger partial charge is 0.541 e. The first-order valence-electron chi connectivity index (χ1n) is 15.6. The monoisotopic (exact) mass is 684 g/mol. The van der Waals surface area contributed by atoms with Gasteiger partial charge in [-0.25, -0.2) is 9.13 Å². The summed E-state index contributed by atoms with van der Waals surface area (Å²) < 4.78 is 53.1. The van der Waals surface area contributed by atoms with Gasteiger partial charge in [0.2, 0.25) is 0 Å². The van der Waals surface area contributed by atoms with Gasteiger partial charge in [-0.15, -0.1) is 0 Å². The van der Waals surface area contributed by atoms with Crippen molar-refractivity contribution in [2.75, 3.05) is 10.2 Å². The molecule has 0 atom stereocenters. The summed E-state index contributed by atoms with van der Waals surface area (Å²) in [6.07, 6.45) is 0.